The Kier molecular flexibility index (Phi) is 19.1. The van der Waals surface area contributed by atoms with E-state index in [-0.39, 0.29) is 45.2 Å². The number of amides is 6. The van der Waals surface area contributed by atoms with E-state index in [9.17, 15) is 43.5 Å². The number of aliphatic carboxylic acids is 1. The van der Waals surface area contributed by atoms with Gasteiger partial charge in [0.15, 0.2) is 0 Å². The number of nitrogens with zero attached hydrogens (tertiary/aromatic N) is 3. The van der Waals surface area contributed by atoms with Gasteiger partial charge < -0.3 is 30.4 Å². The van der Waals surface area contributed by atoms with E-state index in [0.717, 1.165) is 26.5 Å². The smallest absolute Gasteiger partial charge is 0.414 e. The van der Waals surface area contributed by atoms with Gasteiger partial charge in [0.05, 0.1) is 27.4 Å². The number of thiophene rings is 2. The number of carboxylic acids is 1. The van der Waals surface area contributed by atoms with Crippen molar-refractivity contribution >= 4 is 76.4 Å². The molecule has 19 nitrogen and oxygen atoms in total. The maximum absolute atomic E-state index is 13.2. The van der Waals surface area contributed by atoms with Crippen molar-refractivity contribution in [2.45, 2.75) is 57.6 Å². The Morgan fingerprint density at radius 3 is 1.49 bits per heavy atom. The number of benzene rings is 3. The van der Waals surface area contributed by atoms with E-state index in [1.807, 2.05) is 54.6 Å². The Morgan fingerprint density at radius 2 is 1.06 bits per heavy atom. The number of nitrogens with two attached hydrogens (primary N) is 1. The van der Waals surface area contributed by atoms with Gasteiger partial charge in [-0.05, 0) is 65.3 Å². The molecule has 3 aromatic carbocycles. The zero-order chi connectivity index (χ0) is 50.7. The number of nitrogens with one attached hydrogen (secondary N) is 3. The van der Waals surface area contributed by atoms with Crippen molar-refractivity contribution in [2.24, 2.45) is 22.6 Å². The fourth-order valence-electron chi connectivity index (χ4n) is 7.41. The third-order valence-electron chi connectivity index (χ3n) is 10.9. The van der Waals surface area contributed by atoms with E-state index in [1.165, 1.54) is 22.7 Å². The Labute approximate surface area is 416 Å². The van der Waals surface area contributed by atoms with Crippen molar-refractivity contribution in [3.8, 4) is 0 Å². The molecule has 0 aliphatic carbocycles. The lowest BCUT2D eigenvalue weighted by Gasteiger charge is -2.43. The zero-order valence-corrected chi connectivity index (χ0v) is 39.8. The molecule has 21 heteroatoms. The molecule has 0 saturated carbocycles. The van der Waals surface area contributed by atoms with Gasteiger partial charge in [-0.25, -0.2) is 19.2 Å². The molecule has 2 unspecified atom stereocenters. The molecule has 2 aliphatic heterocycles. The van der Waals surface area contributed by atoms with Gasteiger partial charge in [0.1, 0.15) is 31.9 Å². The normalized spacial score (nSPS) is 16.6. The Bertz CT molecular complexity index is 2610. The fraction of sp³-hybridized carbons (Fsp3) is 0.260. The number of esters is 1. The first-order valence-corrected chi connectivity index (χ1v) is 24.0. The minimum Gasteiger partial charge on any atom is -0.480 e. The molecule has 5 aromatic rings. The average molecular weight is 1010 g/mol. The fourth-order valence-corrected chi connectivity index (χ4v) is 8.73. The maximum atomic E-state index is 13.2. The molecule has 4 heterocycles. The molecular formula is C50H51N7O12S2. The van der Waals surface area contributed by atoms with Crippen LogP contribution in [0.2, 0.25) is 0 Å². The number of carboxylic acid groups (broad SMARTS) is 1. The molecule has 7 rings (SSSR count). The highest BCUT2D eigenvalue weighted by Crippen LogP contribution is 2.35. The maximum Gasteiger partial charge on any atom is 0.414 e. The monoisotopic (exact) mass is 1010 g/mol. The van der Waals surface area contributed by atoms with Crippen LogP contribution >= 0.6 is 22.7 Å². The number of alkyl carbamates (subject to hydrolysis) is 2. The van der Waals surface area contributed by atoms with Gasteiger partial charge in [0, 0.05) is 13.1 Å². The zero-order valence-electron chi connectivity index (χ0n) is 38.2. The van der Waals surface area contributed by atoms with Crippen LogP contribution in [0.3, 0.4) is 0 Å². The predicted octanol–water partition coefficient (Wildman–Crippen LogP) is 6.05. The van der Waals surface area contributed by atoms with E-state index in [4.69, 9.17) is 19.9 Å². The quantitative estimate of drug-likeness (QED) is 0.0120. The lowest BCUT2D eigenvalue weighted by atomic mass is 9.83. The molecular weight excluding hydrogens is 955 g/mol. The van der Waals surface area contributed by atoms with Crippen LogP contribution in [0.1, 0.15) is 61.7 Å². The van der Waals surface area contributed by atoms with Crippen molar-refractivity contribution in [3.63, 3.8) is 0 Å². The predicted molar refractivity (Wildman–Crippen MR) is 261 cm³/mol. The SMILES string of the molecule is C=C(N)NCCC[C@H]1C(=O)N(C(=O)c2cccs2)C1C(=O)O.O=C(NC(=NCCC[C@H]1C(=O)N(C(=O)c2cccs2)C1C(=O)OCc1ccccc1)NC(=O)OCc1ccccc1)OCc1ccccc1. The molecule has 2 fully saturated rings. The van der Waals surface area contributed by atoms with Crippen LogP contribution in [0.4, 0.5) is 9.59 Å². The first-order valence-electron chi connectivity index (χ1n) is 22.3. The lowest BCUT2D eigenvalue weighted by Crippen LogP contribution is -2.66. The third kappa shape index (κ3) is 14.7. The van der Waals surface area contributed by atoms with Gasteiger partial charge in [0.2, 0.25) is 17.8 Å². The number of carbonyl (C=O) groups excluding carboxylic acids is 7. The van der Waals surface area contributed by atoms with E-state index in [2.05, 4.69) is 27.5 Å². The molecule has 2 aromatic heterocycles. The molecule has 2 saturated heterocycles. The number of hydrogen-bond acceptors (Lipinski definition) is 16. The minimum atomic E-state index is -1.16. The molecule has 0 spiro atoms. The summed E-state index contributed by atoms with van der Waals surface area (Å²) in [6.45, 7) is 4.00. The van der Waals surface area contributed by atoms with E-state index in [0.29, 0.717) is 35.0 Å². The van der Waals surface area contributed by atoms with E-state index in [1.54, 1.807) is 71.4 Å². The highest BCUT2D eigenvalue weighted by Gasteiger charge is 2.56. The minimum absolute atomic E-state index is 0.00927. The molecule has 6 amide bonds. The van der Waals surface area contributed by atoms with Crippen molar-refractivity contribution < 1.29 is 57.7 Å². The largest absolute Gasteiger partial charge is 0.480 e. The topological polar surface area (TPSA) is 265 Å². The highest BCUT2D eigenvalue weighted by molar-refractivity contribution is 7.12. The number of aliphatic imine (C=N–C) groups is 1. The standard InChI is InChI=1S/C36H34N4O8S.C14H17N3O4S/c41-31-28(30(40(31)32(42)29-19-11-21-49-29)33(43)46-22-25-12-4-1-5-13-25)18-10-20-37-34(38-35(44)47-23-26-14-6-2-7-15-26)39-36(45)48-24-27-16-8-3-9-17-27;1-8(15)16-6-2-4-9-11(14(20)21)17(12(9)18)13(19)10-5-3-7-22-10/h1-9,11-17,19,21,28,30H,10,18,20,22-24H2,(H2,37,38,39,44,45);3,5,7,9,11,16H,1-2,4,6,15H2,(H,20,21)/t28-,30?;9-,11?/m11/s1. The molecule has 0 bridgehead atoms. The molecule has 6 N–H and O–H groups in total. The van der Waals surface area contributed by atoms with Crippen molar-refractivity contribution in [3.05, 3.63) is 165 Å². The van der Waals surface area contributed by atoms with Gasteiger partial charge in [-0.15, -0.1) is 22.7 Å². The highest BCUT2D eigenvalue weighted by atomic mass is 32.1. The van der Waals surface area contributed by atoms with Gasteiger partial charge >= 0.3 is 24.1 Å². The van der Waals surface area contributed by atoms with Crippen LogP contribution < -0.4 is 21.7 Å². The molecule has 2 aliphatic rings. The first-order chi connectivity index (χ1) is 34.3. The number of likely N-dealkylation sites (tertiary alicyclic amines) is 2. The van der Waals surface area contributed by atoms with Crippen LogP contribution in [0, 0.1) is 11.8 Å². The van der Waals surface area contributed by atoms with Crippen LogP contribution in [0.15, 0.2) is 143 Å². The summed E-state index contributed by atoms with van der Waals surface area (Å²) < 4.78 is 16.0. The average Bonchev–Trinajstić information content (AvgIpc) is 4.13. The van der Waals surface area contributed by atoms with E-state index >= 15 is 0 Å². The summed E-state index contributed by atoms with van der Waals surface area (Å²) in [5, 5.41) is 20.4. The Hall–Kier alpha value is -8.17. The second kappa shape index (κ2) is 26.0. The van der Waals surface area contributed by atoms with Crippen LogP contribution in [-0.2, 0) is 53.2 Å². The third-order valence-corrected chi connectivity index (χ3v) is 12.6. The number of hydrogen-bond donors (Lipinski definition) is 5. The first kappa shape index (κ1) is 52.2. The molecule has 71 heavy (non-hydrogen) atoms. The molecule has 4 atom stereocenters. The summed E-state index contributed by atoms with van der Waals surface area (Å²) >= 11 is 2.35. The Morgan fingerprint density at radius 1 is 0.620 bits per heavy atom. The Balaban J connectivity index is 0.000000313. The summed E-state index contributed by atoms with van der Waals surface area (Å²) in [5.74, 6) is -5.26. The van der Waals surface area contributed by atoms with Crippen molar-refractivity contribution in [2.75, 3.05) is 13.1 Å². The molecule has 370 valence electrons. The van der Waals surface area contributed by atoms with E-state index < -0.39 is 71.7 Å². The molecule has 0 radical (unpaired) electrons. The number of imide groups is 2. The van der Waals surface area contributed by atoms with Gasteiger partial charge in [-0.1, -0.05) is 110 Å². The number of β-lactam (4-membered cyclic amide) rings is 2. The number of carbonyl (C=O) groups is 8. The summed E-state index contributed by atoms with van der Waals surface area (Å²) in [6, 6.07) is 31.5. The van der Waals surface area contributed by atoms with Crippen LogP contribution in [0.25, 0.3) is 0 Å². The van der Waals surface area contributed by atoms with Gasteiger partial charge in [-0.3, -0.25) is 44.6 Å². The lowest BCUT2D eigenvalue weighted by molar-refractivity contribution is -0.171. The van der Waals surface area contributed by atoms with Gasteiger partial charge in [-0.2, -0.15) is 0 Å². The summed E-state index contributed by atoms with van der Waals surface area (Å²) in [4.78, 5) is 107. The second-order valence-corrected chi connectivity index (χ2v) is 17.8. The number of guanidine groups is 1. The van der Waals surface area contributed by atoms with Crippen LogP contribution in [0.5, 0.6) is 0 Å². The van der Waals surface area contributed by atoms with Crippen molar-refractivity contribution in [1.29, 1.82) is 0 Å². The second-order valence-electron chi connectivity index (χ2n) is 15.9. The summed E-state index contributed by atoms with van der Waals surface area (Å²) in [6.07, 6.45) is -0.313. The summed E-state index contributed by atoms with van der Waals surface area (Å²) in [5.41, 5.74) is 7.65. The summed E-state index contributed by atoms with van der Waals surface area (Å²) in [7, 11) is 0. The van der Waals surface area contributed by atoms with Crippen LogP contribution in [-0.4, -0.2) is 93.8 Å². The number of rotatable bonds is 19. The van der Waals surface area contributed by atoms with Gasteiger partial charge in [0.25, 0.3) is 11.8 Å². The number of ether oxygens (including phenoxy) is 3. The van der Waals surface area contributed by atoms with Crippen molar-refractivity contribution in [1.82, 2.24) is 25.8 Å².